The molecule has 3 aromatic rings. The van der Waals surface area contributed by atoms with Gasteiger partial charge in [-0.25, -0.2) is 9.37 Å². The molecule has 1 aliphatic heterocycles. The Morgan fingerprint density at radius 1 is 1.24 bits per heavy atom. The molecule has 0 radical (unpaired) electrons. The van der Waals surface area contributed by atoms with Crippen molar-refractivity contribution in [2.24, 2.45) is 0 Å². The Morgan fingerprint density at radius 3 is 3.00 bits per heavy atom. The molecule has 25 heavy (non-hydrogen) atoms. The minimum atomic E-state index is -0.309. The maximum absolute atomic E-state index is 14.6. The summed E-state index contributed by atoms with van der Waals surface area (Å²) in [5.41, 5.74) is 3.76. The summed E-state index contributed by atoms with van der Waals surface area (Å²) in [5, 5.41) is 5.90. The molecule has 1 amide bonds. The molecule has 0 spiro atoms. The van der Waals surface area contributed by atoms with E-state index in [1.807, 2.05) is 30.3 Å². The van der Waals surface area contributed by atoms with Gasteiger partial charge in [0.25, 0.3) is 0 Å². The number of aryl methyl sites for hydroxylation is 1. The van der Waals surface area contributed by atoms with Crippen molar-refractivity contribution >= 4 is 22.6 Å². The highest BCUT2D eigenvalue weighted by molar-refractivity contribution is 5.91. The summed E-state index contributed by atoms with van der Waals surface area (Å²) in [6.07, 6.45) is 1.37. The highest BCUT2D eigenvalue weighted by Crippen LogP contribution is 2.24. The van der Waals surface area contributed by atoms with E-state index in [0.29, 0.717) is 24.9 Å². The van der Waals surface area contributed by atoms with Gasteiger partial charge in [0.1, 0.15) is 11.6 Å². The first-order chi connectivity index (χ1) is 12.2. The second kappa shape index (κ2) is 6.64. The highest BCUT2D eigenvalue weighted by atomic mass is 19.1. The fourth-order valence-electron chi connectivity index (χ4n) is 3.20. The number of hydrogen-bond donors (Lipinski definition) is 3. The Balaban J connectivity index is 1.42. The lowest BCUT2D eigenvalue weighted by molar-refractivity contribution is -0.116. The molecule has 128 valence electrons. The van der Waals surface area contributed by atoms with Gasteiger partial charge in [0.05, 0.1) is 16.7 Å². The average molecular weight is 338 g/mol. The van der Waals surface area contributed by atoms with Gasteiger partial charge < -0.3 is 15.6 Å². The van der Waals surface area contributed by atoms with Gasteiger partial charge >= 0.3 is 0 Å². The third-order valence-corrected chi connectivity index (χ3v) is 4.51. The number of carbonyl (C=O) groups excluding carboxylic acids is 1. The number of carbonyl (C=O) groups is 1. The molecule has 4 rings (SSSR count). The third kappa shape index (κ3) is 3.25. The number of aromatic amines is 1. The first-order valence-electron chi connectivity index (χ1n) is 8.45. The van der Waals surface area contributed by atoms with Crippen LogP contribution in [-0.4, -0.2) is 22.4 Å². The minimum Gasteiger partial charge on any atom is -0.342 e. The van der Waals surface area contributed by atoms with E-state index in [-0.39, 0.29) is 23.8 Å². The quantitative estimate of drug-likeness (QED) is 0.685. The first kappa shape index (κ1) is 15.8. The van der Waals surface area contributed by atoms with E-state index in [9.17, 15) is 9.18 Å². The van der Waals surface area contributed by atoms with Crippen LogP contribution in [0.25, 0.3) is 11.0 Å². The van der Waals surface area contributed by atoms with Gasteiger partial charge in [-0.2, -0.15) is 0 Å². The summed E-state index contributed by atoms with van der Waals surface area (Å²) in [5.74, 6) is 0.234. The summed E-state index contributed by atoms with van der Waals surface area (Å²) in [4.78, 5) is 19.8. The molecular formula is C19H19FN4O. The predicted molar refractivity (Wildman–Crippen MR) is 94.9 cm³/mol. The normalized spacial score (nSPS) is 13.6. The summed E-state index contributed by atoms with van der Waals surface area (Å²) in [6.45, 7) is 1.43. The molecule has 0 fully saturated rings. The van der Waals surface area contributed by atoms with Gasteiger partial charge in [-0.3, -0.25) is 4.79 Å². The molecule has 1 aliphatic rings. The number of halogens is 1. The second-order valence-corrected chi connectivity index (χ2v) is 6.24. The van der Waals surface area contributed by atoms with Crippen molar-refractivity contribution in [2.75, 3.05) is 11.9 Å². The predicted octanol–water partition coefficient (Wildman–Crippen LogP) is 2.92. The number of hydrogen-bond acceptors (Lipinski definition) is 3. The highest BCUT2D eigenvalue weighted by Gasteiger charge is 2.17. The Hall–Kier alpha value is -2.73. The summed E-state index contributed by atoms with van der Waals surface area (Å²) < 4.78 is 14.6. The lowest BCUT2D eigenvalue weighted by Crippen LogP contribution is -2.25. The van der Waals surface area contributed by atoms with Crippen LogP contribution in [0.4, 0.5) is 10.1 Å². The molecule has 2 heterocycles. The number of imidazole rings is 1. The molecule has 0 saturated heterocycles. The van der Waals surface area contributed by atoms with Crippen LogP contribution in [0.3, 0.4) is 0 Å². The van der Waals surface area contributed by atoms with Crippen LogP contribution in [0.2, 0.25) is 0 Å². The van der Waals surface area contributed by atoms with Gasteiger partial charge in [0, 0.05) is 19.4 Å². The summed E-state index contributed by atoms with van der Waals surface area (Å²) >= 11 is 0. The van der Waals surface area contributed by atoms with Crippen molar-refractivity contribution in [3.63, 3.8) is 0 Å². The molecule has 2 aromatic carbocycles. The number of anilines is 1. The molecule has 0 atom stereocenters. The van der Waals surface area contributed by atoms with Gasteiger partial charge in [-0.1, -0.05) is 18.2 Å². The minimum absolute atomic E-state index is 0.215. The van der Waals surface area contributed by atoms with Crippen LogP contribution in [0.15, 0.2) is 36.4 Å². The monoisotopic (exact) mass is 338 g/mol. The van der Waals surface area contributed by atoms with E-state index in [0.717, 1.165) is 29.0 Å². The molecular weight excluding hydrogens is 319 g/mol. The third-order valence-electron chi connectivity index (χ3n) is 4.51. The number of nitrogens with zero attached hydrogens (tertiary/aromatic N) is 1. The fourth-order valence-corrected chi connectivity index (χ4v) is 3.20. The van der Waals surface area contributed by atoms with E-state index in [1.54, 1.807) is 6.07 Å². The SMILES string of the molecule is O=C(CCc1nc2ccccc2[nH]1)Nc1ccc2c(c1F)CCNC2. The average Bonchev–Trinajstić information content (AvgIpc) is 3.06. The zero-order valence-corrected chi connectivity index (χ0v) is 13.7. The maximum Gasteiger partial charge on any atom is 0.224 e. The van der Waals surface area contributed by atoms with Gasteiger partial charge in [-0.15, -0.1) is 0 Å². The molecule has 3 N–H and O–H groups in total. The van der Waals surface area contributed by atoms with Crippen LogP contribution < -0.4 is 10.6 Å². The number of nitrogens with one attached hydrogen (secondary N) is 3. The molecule has 0 bridgehead atoms. The number of benzene rings is 2. The number of para-hydroxylation sites is 2. The van der Waals surface area contributed by atoms with Gasteiger partial charge in [0.15, 0.2) is 0 Å². The molecule has 0 unspecified atom stereocenters. The van der Waals surface area contributed by atoms with Crippen LogP contribution in [0.1, 0.15) is 23.4 Å². The fraction of sp³-hybridized carbons (Fsp3) is 0.263. The topological polar surface area (TPSA) is 69.8 Å². The molecule has 1 aromatic heterocycles. The molecule has 5 nitrogen and oxygen atoms in total. The largest absolute Gasteiger partial charge is 0.342 e. The Morgan fingerprint density at radius 2 is 2.12 bits per heavy atom. The van der Waals surface area contributed by atoms with Crippen molar-refractivity contribution in [3.05, 3.63) is 59.2 Å². The van der Waals surface area contributed by atoms with Crippen molar-refractivity contribution in [3.8, 4) is 0 Å². The van der Waals surface area contributed by atoms with E-state index >= 15 is 0 Å². The maximum atomic E-state index is 14.6. The smallest absolute Gasteiger partial charge is 0.224 e. The van der Waals surface area contributed by atoms with E-state index in [4.69, 9.17) is 0 Å². The lowest BCUT2D eigenvalue weighted by atomic mass is 9.99. The Bertz CT molecular complexity index is 901. The zero-order valence-electron chi connectivity index (χ0n) is 13.7. The number of fused-ring (bicyclic) bond motifs is 2. The zero-order chi connectivity index (χ0) is 17.2. The number of amides is 1. The number of H-pyrrole nitrogens is 1. The van der Waals surface area contributed by atoms with Crippen LogP contribution in [-0.2, 0) is 24.2 Å². The van der Waals surface area contributed by atoms with Crippen molar-refractivity contribution < 1.29 is 9.18 Å². The van der Waals surface area contributed by atoms with Crippen LogP contribution in [0, 0.1) is 5.82 Å². The number of aromatic nitrogens is 2. The molecule has 0 saturated carbocycles. The van der Waals surface area contributed by atoms with Crippen LogP contribution >= 0.6 is 0 Å². The lowest BCUT2D eigenvalue weighted by Gasteiger charge is -2.19. The Kier molecular flexibility index (Phi) is 4.19. The summed E-state index contributed by atoms with van der Waals surface area (Å²) in [6, 6.07) is 11.2. The first-order valence-corrected chi connectivity index (χ1v) is 8.45. The van der Waals surface area contributed by atoms with Gasteiger partial charge in [-0.05, 0) is 42.3 Å². The van der Waals surface area contributed by atoms with Gasteiger partial charge in [0.2, 0.25) is 5.91 Å². The van der Waals surface area contributed by atoms with E-state index in [2.05, 4.69) is 20.6 Å². The molecule has 0 aliphatic carbocycles. The molecule has 6 heteroatoms. The second-order valence-electron chi connectivity index (χ2n) is 6.24. The Labute approximate surface area is 144 Å². The number of rotatable bonds is 4. The van der Waals surface area contributed by atoms with Crippen LogP contribution in [0.5, 0.6) is 0 Å². The van der Waals surface area contributed by atoms with Crippen molar-refractivity contribution in [2.45, 2.75) is 25.8 Å². The van der Waals surface area contributed by atoms with Crippen molar-refractivity contribution in [1.29, 1.82) is 0 Å². The van der Waals surface area contributed by atoms with E-state index < -0.39 is 0 Å². The standard InChI is InChI=1S/C19H19FN4O/c20-19-13-9-10-21-11-12(13)5-6-16(19)24-18(25)8-7-17-22-14-3-1-2-4-15(14)23-17/h1-6,21H,7-11H2,(H,22,23)(H,24,25). The van der Waals surface area contributed by atoms with E-state index in [1.165, 1.54) is 0 Å². The van der Waals surface area contributed by atoms with Crippen molar-refractivity contribution in [1.82, 2.24) is 15.3 Å². The summed E-state index contributed by atoms with van der Waals surface area (Å²) in [7, 11) is 0.